The first kappa shape index (κ1) is 31.1. The summed E-state index contributed by atoms with van der Waals surface area (Å²) >= 11 is 1.61. The Morgan fingerprint density at radius 3 is 2.60 bits per heavy atom. The molecule has 1 N–H and O–H groups in total. The third kappa shape index (κ3) is 7.23. The van der Waals surface area contributed by atoms with Crippen LogP contribution in [0.25, 0.3) is 11.3 Å². The third-order valence-corrected chi connectivity index (χ3v) is 9.16. The molecular weight excluding hydrogens is 586 g/mol. The van der Waals surface area contributed by atoms with Crippen molar-refractivity contribution in [2.45, 2.75) is 55.7 Å². The number of nitrogens with zero attached hydrogens (tertiary/aromatic N) is 2. The summed E-state index contributed by atoms with van der Waals surface area (Å²) < 4.78 is 68.8. The standard InChI is InChI=1S/C16H19FN2O2S.C15H14F3NO2/c1-21-16(20)12-5-13(17)15-14(6-12)22-8-11-4-2-3-10(11)7-18-9-19-15;1-20-8-11-13(19-21-14(11)9-6-7-9)10-4-2-3-5-12(10)15(16,17)18/h5-6,9-11H,2-4,7-8H2,1H3,(H,18,19);2-5,9H,6-8H2,1H3/t10?,11-;/m0./s1. The van der Waals surface area contributed by atoms with E-state index in [0.717, 1.165) is 36.1 Å². The highest BCUT2D eigenvalue weighted by molar-refractivity contribution is 7.99. The maximum Gasteiger partial charge on any atom is 0.417 e. The van der Waals surface area contributed by atoms with Crippen LogP contribution in [-0.2, 0) is 22.3 Å². The number of hydrogen-bond donors (Lipinski definition) is 1. The van der Waals surface area contributed by atoms with Gasteiger partial charge in [0.25, 0.3) is 0 Å². The first-order chi connectivity index (χ1) is 20.7. The van der Waals surface area contributed by atoms with E-state index in [4.69, 9.17) is 14.0 Å². The number of aliphatic imine (C=N–C) groups is 1. The zero-order chi connectivity index (χ0) is 30.6. The zero-order valence-electron chi connectivity index (χ0n) is 23.9. The third-order valence-electron chi connectivity index (χ3n) is 7.93. The number of hydrogen-bond acceptors (Lipinski definition) is 8. The molecule has 2 aliphatic carbocycles. The van der Waals surface area contributed by atoms with Gasteiger partial charge in [0.05, 0.1) is 36.9 Å². The predicted octanol–water partition coefficient (Wildman–Crippen LogP) is 7.96. The molecule has 2 atom stereocenters. The Hall–Kier alpha value is -3.38. The fourth-order valence-corrected chi connectivity index (χ4v) is 6.90. The van der Waals surface area contributed by atoms with Crippen molar-refractivity contribution in [2.75, 3.05) is 31.8 Å². The molecule has 0 saturated heterocycles. The highest BCUT2D eigenvalue weighted by Crippen LogP contribution is 2.46. The van der Waals surface area contributed by atoms with E-state index in [1.807, 2.05) is 0 Å². The van der Waals surface area contributed by atoms with Crippen LogP contribution in [0, 0.1) is 17.7 Å². The van der Waals surface area contributed by atoms with E-state index < -0.39 is 23.5 Å². The van der Waals surface area contributed by atoms with Gasteiger partial charge in [-0.05, 0) is 55.7 Å². The highest BCUT2D eigenvalue weighted by atomic mass is 32.2. The number of fused-ring (bicyclic) bond motifs is 2. The Bertz CT molecular complexity index is 1470. The molecule has 6 rings (SSSR count). The number of benzene rings is 2. The first-order valence-electron chi connectivity index (χ1n) is 14.1. The molecule has 2 saturated carbocycles. The Kier molecular flexibility index (Phi) is 9.75. The van der Waals surface area contributed by atoms with Crippen LogP contribution in [0.2, 0.25) is 0 Å². The number of nitrogens with one attached hydrogen (secondary N) is 1. The van der Waals surface area contributed by atoms with Crippen LogP contribution in [0.4, 0.5) is 23.2 Å². The zero-order valence-corrected chi connectivity index (χ0v) is 24.7. The number of anilines is 1. The summed E-state index contributed by atoms with van der Waals surface area (Å²) in [5.74, 6) is 2.09. The Labute approximate surface area is 251 Å². The second kappa shape index (κ2) is 13.5. The van der Waals surface area contributed by atoms with Crippen molar-refractivity contribution < 1.29 is 36.4 Å². The van der Waals surface area contributed by atoms with Crippen molar-refractivity contribution in [3.63, 3.8) is 0 Å². The van der Waals surface area contributed by atoms with Crippen LogP contribution < -0.4 is 5.32 Å². The van der Waals surface area contributed by atoms with Crippen LogP contribution in [0.5, 0.6) is 0 Å². The summed E-state index contributed by atoms with van der Waals surface area (Å²) in [7, 11) is 2.80. The van der Waals surface area contributed by atoms with Gasteiger partial charge in [-0.2, -0.15) is 13.2 Å². The van der Waals surface area contributed by atoms with Crippen molar-refractivity contribution in [3.8, 4) is 11.3 Å². The summed E-state index contributed by atoms with van der Waals surface area (Å²) in [6.45, 7) is 0.992. The number of methoxy groups -OCH3 is 2. The predicted molar refractivity (Wildman–Crippen MR) is 156 cm³/mol. The summed E-state index contributed by atoms with van der Waals surface area (Å²) in [6, 6.07) is 8.29. The largest absolute Gasteiger partial charge is 0.465 e. The van der Waals surface area contributed by atoms with E-state index in [9.17, 15) is 22.4 Å². The Morgan fingerprint density at radius 2 is 1.88 bits per heavy atom. The number of thioether (sulfide) groups is 1. The van der Waals surface area contributed by atoms with Crippen LogP contribution in [-0.4, -0.2) is 44.0 Å². The van der Waals surface area contributed by atoms with Gasteiger partial charge in [0, 0.05) is 41.3 Å². The van der Waals surface area contributed by atoms with Gasteiger partial charge in [-0.3, -0.25) is 4.99 Å². The SMILES string of the molecule is COC(=O)c1cc(F)c2c(c1)SC[C@@H]1CCCC1CN=CN2.COCc1c(-c2ccccc2C(F)(F)F)noc1C1CC1. The van der Waals surface area contributed by atoms with Gasteiger partial charge >= 0.3 is 12.1 Å². The molecule has 1 unspecified atom stereocenters. The van der Waals surface area contributed by atoms with Gasteiger partial charge in [0.1, 0.15) is 17.3 Å². The lowest BCUT2D eigenvalue weighted by molar-refractivity contribution is -0.137. The molecule has 3 aliphatic rings. The lowest BCUT2D eigenvalue weighted by Gasteiger charge is -2.20. The van der Waals surface area contributed by atoms with Crippen molar-refractivity contribution >= 4 is 29.8 Å². The minimum absolute atomic E-state index is 0.0349. The maximum absolute atomic E-state index is 14.3. The molecule has 0 spiro atoms. The number of alkyl halides is 3. The van der Waals surface area contributed by atoms with E-state index in [1.54, 1.807) is 30.2 Å². The molecule has 3 aromatic rings. The highest BCUT2D eigenvalue weighted by Gasteiger charge is 2.37. The molecule has 7 nitrogen and oxygen atoms in total. The quantitative estimate of drug-likeness (QED) is 0.229. The monoisotopic (exact) mass is 619 g/mol. The van der Waals surface area contributed by atoms with E-state index in [0.29, 0.717) is 28.8 Å². The second-order valence-corrected chi connectivity index (χ2v) is 11.9. The average Bonchev–Trinajstić information content (AvgIpc) is 3.59. The van der Waals surface area contributed by atoms with Crippen molar-refractivity contribution in [1.29, 1.82) is 0 Å². The van der Waals surface area contributed by atoms with E-state index in [-0.39, 0.29) is 29.3 Å². The van der Waals surface area contributed by atoms with Gasteiger partial charge in [-0.15, -0.1) is 11.8 Å². The molecule has 0 radical (unpaired) electrons. The molecule has 12 heteroatoms. The number of aromatic nitrogens is 1. The lowest BCUT2D eigenvalue weighted by Crippen LogP contribution is -2.16. The normalized spacial score (nSPS) is 19.9. The van der Waals surface area contributed by atoms with E-state index >= 15 is 0 Å². The fourth-order valence-electron chi connectivity index (χ4n) is 5.56. The van der Waals surface area contributed by atoms with Gasteiger partial charge in [-0.1, -0.05) is 29.8 Å². The number of halogens is 4. The molecule has 2 heterocycles. The average molecular weight is 620 g/mol. The number of carbonyl (C=O) groups excluding carboxylic acids is 1. The van der Waals surface area contributed by atoms with E-state index in [1.165, 1.54) is 51.7 Å². The lowest BCUT2D eigenvalue weighted by atomic mass is 9.98. The number of esters is 1. The topological polar surface area (TPSA) is 86.0 Å². The molecule has 230 valence electrons. The van der Waals surface area contributed by atoms with Crippen LogP contribution in [0.1, 0.15) is 65.3 Å². The fraction of sp³-hybridized carbons (Fsp3) is 0.452. The van der Waals surface area contributed by atoms with Gasteiger partial charge < -0.3 is 19.3 Å². The van der Waals surface area contributed by atoms with Crippen molar-refractivity contribution in [3.05, 3.63) is 64.7 Å². The van der Waals surface area contributed by atoms with Gasteiger partial charge in [0.2, 0.25) is 0 Å². The molecule has 0 bridgehead atoms. The summed E-state index contributed by atoms with van der Waals surface area (Å²) in [6.07, 6.45) is 2.75. The smallest absolute Gasteiger partial charge is 0.417 e. The summed E-state index contributed by atoms with van der Waals surface area (Å²) in [5, 5.41) is 6.81. The van der Waals surface area contributed by atoms with Crippen LogP contribution >= 0.6 is 11.8 Å². The van der Waals surface area contributed by atoms with Gasteiger partial charge in [0.15, 0.2) is 0 Å². The maximum atomic E-state index is 14.3. The van der Waals surface area contributed by atoms with E-state index in [2.05, 4.69) is 15.5 Å². The number of ether oxygens (including phenoxy) is 2. The molecule has 43 heavy (non-hydrogen) atoms. The molecule has 1 aromatic heterocycles. The second-order valence-electron chi connectivity index (χ2n) is 10.8. The number of rotatable bonds is 5. The Balaban J connectivity index is 0.000000171. The molecule has 0 amide bonds. The van der Waals surface area contributed by atoms with Crippen molar-refractivity contribution in [2.24, 2.45) is 16.8 Å². The van der Waals surface area contributed by atoms with Crippen molar-refractivity contribution in [1.82, 2.24) is 5.16 Å². The Morgan fingerprint density at radius 1 is 1.12 bits per heavy atom. The first-order valence-corrected chi connectivity index (χ1v) is 15.1. The molecule has 1 aliphatic heterocycles. The van der Waals surface area contributed by atoms with Crippen LogP contribution in [0.15, 0.2) is 50.8 Å². The summed E-state index contributed by atoms with van der Waals surface area (Å²) in [5.41, 5.74) is 0.803. The number of carbonyl (C=O) groups is 1. The molecule has 2 aromatic carbocycles. The summed E-state index contributed by atoms with van der Waals surface area (Å²) in [4.78, 5) is 16.8. The minimum atomic E-state index is -4.43. The van der Waals surface area contributed by atoms with Crippen LogP contribution in [0.3, 0.4) is 0 Å². The molecular formula is C31H33F4N3O4S. The molecule has 2 fully saturated rings. The minimum Gasteiger partial charge on any atom is -0.465 e. The van der Waals surface area contributed by atoms with Gasteiger partial charge in [-0.25, -0.2) is 9.18 Å².